The number of hydrogen-bond donors (Lipinski definition) is 2. The average Bonchev–Trinajstić information content (AvgIpc) is 2.17. The molecule has 0 aliphatic rings. The molecule has 5 nitrogen and oxygen atoms in total. The molecule has 1 aromatic rings. The highest BCUT2D eigenvalue weighted by atomic mass is 32.2. The van der Waals surface area contributed by atoms with Crippen molar-refractivity contribution in [2.45, 2.75) is 17.9 Å². The molecule has 0 saturated heterocycles. The number of sulfonamides is 1. The Bertz CT molecular complexity index is 500. The maximum Gasteiger partial charge on any atom is 0.321 e. The molecule has 0 aliphatic carbocycles. The third-order valence-electron chi connectivity index (χ3n) is 1.81. The van der Waals surface area contributed by atoms with Gasteiger partial charge in [0.05, 0.1) is 4.90 Å². The largest absolute Gasteiger partial charge is 0.480 e. The van der Waals surface area contributed by atoms with Crippen LogP contribution in [0.1, 0.15) is 6.92 Å². The zero-order chi connectivity index (χ0) is 12.3. The molecule has 0 heterocycles. The highest BCUT2D eigenvalue weighted by Gasteiger charge is 2.21. The van der Waals surface area contributed by atoms with Gasteiger partial charge in [0.1, 0.15) is 11.9 Å². The van der Waals surface area contributed by atoms with E-state index in [1.807, 2.05) is 4.72 Å². The van der Waals surface area contributed by atoms with Crippen LogP contribution in [0, 0.1) is 5.82 Å². The minimum atomic E-state index is -4.00. The van der Waals surface area contributed by atoms with Crippen molar-refractivity contribution < 1.29 is 22.7 Å². The topological polar surface area (TPSA) is 83.5 Å². The van der Waals surface area contributed by atoms with Crippen molar-refractivity contribution in [3.8, 4) is 0 Å². The predicted molar refractivity (Wildman–Crippen MR) is 53.8 cm³/mol. The molecule has 0 radical (unpaired) electrons. The first-order chi connectivity index (χ1) is 7.33. The van der Waals surface area contributed by atoms with Crippen molar-refractivity contribution in [2.75, 3.05) is 0 Å². The van der Waals surface area contributed by atoms with Crippen molar-refractivity contribution in [1.82, 2.24) is 4.72 Å². The van der Waals surface area contributed by atoms with Gasteiger partial charge in [0.15, 0.2) is 0 Å². The first-order valence-electron chi connectivity index (χ1n) is 4.33. The molecular formula is C9H10FNO4S. The highest BCUT2D eigenvalue weighted by molar-refractivity contribution is 7.89. The van der Waals surface area contributed by atoms with E-state index >= 15 is 0 Å². The van der Waals surface area contributed by atoms with E-state index in [1.54, 1.807) is 0 Å². The van der Waals surface area contributed by atoms with Crippen LogP contribution in [0.15, 0.2) is 29.2 Å². The third-order valence-corrected chi connectivity index (χ3v) is 3.35. The molecule has 0 aromatic heterocycles. The molecule has 0 saturated carbocycles. The van der Waals surface area contributed by atoms with Crippen LogP contribution in [0.3, 0.4) is 0 Å². The van der Waals surface area contributed by atoms with Crippen molar-refractivity contribution in [3.05, 3.63) is 30.1 Å². The Kier molecular flexibility index (Phi) is 3.61. The zero-order valence-corrected chi connectivity index (χ0v) is 9.16. The van der Waals surface area contributed by atoms with Crippen LogP contribution >= 0.6 is 0 Å². The van der Waals surface area contributed by atoms with E-state index in [9.17, 15) is 17.6 Å². The fourth-order valence-corrected chi connectivity index (χ4v) is 2.21. The Morgan fingerprint density at radius 3 is 2.62 bits per heavy atom. The lowest BCUT2D eigenvalue weighted by atomic mass is 10.4. The minimum Gasteiger partial charge on any atom is -0.480 e. The second kappa shape index (κ2) is 4.58. The van der Waals surface area contributed by atoms with Gasteiger partial charge in [-0.25, -0.2) is 12.8 Å². The molecular weight excluding hydrogens is 237 g/mol. The molecule has 1 rings (SSSR count). The first-order valence-corrected chi connectivity index (χ1v) is 5.82. The van der Waals surface area contributed by atoms with E-state index in [-0.39, 0.29) is 4.90 Å². The molecule has 16 heavy (non-hydrogen) atoms. The summed E-state index contributed by atoms with van der Waals surface area (Å²) in [5.41, 5.74) is 0. The zero-order valence-electron chi connectivity index (χ0n) is 8.34. The van der Waals surface area contributed by atoms with E-state index in [2.05, 4.69) is 0 Å². The van der Waals surface area contributed by atoms with E-state index in [0.29, 0.717) is 0 Å². The Morgan fingerprint density at radius 1 is 1.50 bits per heavy atom. The van der Waals surface area contributed by atoms with Gasteiger partial charge in [-0.15, -0.1) is 0 Å². The predicted octanol–water partition coefficient (Wildman–Crippen LogP) is 0.577. The Labute approximate surface area is 92.0 Å². The van der Waals surface area contributed by atoms with E-state index in [0.717, 1.165) is 12.1 Å². The summed E-state index contributed by atoms with van der Waals surface area (Å²) in [5, 5.41) is 8.55. The van der Waals surface area contributed by atoms with Gasteiger partial charge >= 0.3 is 5.97 Å². The van der Waals surface area contributed by atoms with Crippen LogP contribution in [0.25, 0.3) is 0 Å². The van der Waals surface area contributed by atoms with Crippen molar-refractivity contribution in [3.63, 3.8) is 0 Å². The minimum absolute atomic E-state index is 0.305. The molecule has 0 unspecified atom stereocenters. The fraction of sp³-hybridized carbons (Fsp3) is 0.222. The van der Waals surface area contributed by atoms with E-state index in [1.165, 1.54) is 19.1 Å². The maximum absolute atomic E-state index is 12.8. The van der Waals surface area contributed by atoms with Crippen LogP contribution in [0.4, 0.5) is 4.39 Å². The molecule has 0 spiro atoms. The lowest BCUT2D eigenvalue weighted by molar-refractivity contribution is -0.138. The van der Waals surface area contributed by atoms with Crippen LogP contribution in [-0.4, -0.2) is 25.5 Å². The van der Waals surface area contributed by atoms with Gasteiger partial charge < -0.3 is 5.11 Å². The van der Waals surface area contributed by atoms with Crippen LogP contribution in [0.2, 0.25) is 0 Å². The number of benzene rings is 1. The van der Waals surface area contributed by atoms with Gasteiger partial charge in [0.2, 0.25) is 10.0 Å². The van der Waals surface area contributed by atoms with Crippen molar-refractivity contribution in [2.24, 2.45) is 0 Å². The summed E-state index contributed by atoms with van der Waals surface area (Å²) < 4.78 is 37.8. The van der Waals surface area contributed by atoms with E-state index < -0.39 is 27.9 Å². The summed E-state index contributed by atoms with van der Waals surface area (Å²) in [6.45, 7) is 1.18. The van der Waals surface area contributed by atoms with Gasteiger partial charge in [-0.05, 0) is 25.1 Å². The molecule has 1 atom stereocenters. The lowest BCUT2D eigenvalue weighted by Gasteiger charge is -2.09. The average molecular weight is 247 g/mol. The normalized spacial score (nSPS) is 13.4. The third kappa shape index (κ3) is 3.01. The number of carbonyl (C=O) groups is 1. The summed E-state index contributed by atoms with van der Waals surface area (Å²) in [7, 11) is -4.00. The molecule has 0 bridgehead atoms. The van der Waals surface area contributed by atoms with Crippen molar-refractivity contribution >= 4 is 16.0 Å². The quantitative estimate of drug-likeness (QED) is 0.815. The highest BCUT2D eigenvalue weighted by Crippen LogP contribution is 2.10. The van der Waals surface area contributed by atoms with Gasteiger partial charge in [0, 0.05) is 0 Å². The number of halogens is 1. The molecule has 7 heteroatoms. The number of rotatable bonds is 4. The summed E-state index contributed by atoms with van der Waals surface area (Å²) in [5.74, 6) is -2.01. The van der Waals surface area contributed by atoms with Crippen molar-refractivity contribution in [1.29, 1.82) is 0 Å². The lowest BCUT2D eigenvalue weighted by Crippen LogP contribution is -2.38. The number of aliphatic carboxylic acids is 1. The van der Waals surface area contributed by atoms with Gasteiger partial charge in [0.25, 0.3) is 0 Å². The summed E-state index contributed by atoms with van der Waals surface area (Å²) in [6, 6.07) is 3.06. The number of carboxylic acids is 1. The Hall–Kier alpha value is -1.47. The summed E-state index contributed by atoms with van der Waals surface area (Å²) >= 11 is 0. The molecule has 0 aliphatic heterocycles. The van der Waals surface area contributed by atoms with Crippen LogP contribution < -0.4 is 4.72 Å². The number of hydrogen-bond acceptors (Lipinski definition) is 3. The van der Waals surface area contributed by atoms with Gasteiger partial charge in [-0.1, -0.05) is 6.07 Å². The SMILES string of the molecule is C[C@H](NS(=O)(=O)c1cccc(F)c1)C(=O)O. The smallest absolute Gasteiger partial charge is 0.321 e. The van der Waals surface area contributed by atoms with E-state index in [4.69, 9.17) is 5.11 Å². The first kappa shape index (κ1) is 12.6. The summed E-state index contributed by atoms with van der Waals surface area (Å²) in [4.78, 5) is 10.2. The standard InChI is InChI=1S/C9H10FNO4S/c1-6(9(12)13)11-16(14,15)8-4-2-3-7(10)5-8/h2-6,11H,1H3,(H,12,13)/t6-/m0/s1. The van der Waals surface area contributed by atoms with Crippen LogP contribution in [-0.2, 0) is 14.8 Å². The molecule has 88 valence electrons. The molecule has 2 N–H and O–H groups in total. The Morgan fingerprint density at radius 2 is 2.12 bits per heavy atom. The van der Waals surface area contributed by atoms with Crippen LogP contribution in [0.5, 0.6) is 0 Å². The fourth-order valence-electron chi connectivity index (χ4n) is 0.985. The maximum atomic E-state index is 12.8. The molecule has 0 amide bonds. The summed E-state index contributed by atoms with van der Waals surface area (Å²) in [6.07, 6.45) is 0. The monoisotopic (exact) mass is 247 g/mol. The molecule has 1 aromatic carbocycles. The number of nitrogens with one attached hydrogen (secondary N) is 1. The Balaban J connectivity index is 2.99. The van der Waals surface area contributed by atoms with Gasteiger partial charge in [-0.2, -0.15) is 4.72 Å². The van der Waals surface area contributed by atoms with Gasteiger partial charge in [-0.3, -0.25) is 4.79 Å². The molecule has 0 fully saturated rings. The second-order valence-electron chi connectivity index (χ2n) is 3.14. The second-order valence-corrected chi connectivity index (χ2v) is 4.85. The number of carboxylic acid groups (broad SMARTS) is 1.